The van der Waals surface area contributed by atoms with Gasteiger partial charge in [-0.15, -0.1) is 0 Å². The van der Waals surface area contributed by atoms with Gasteiger partial charge < -0.3 is 9.47 Å². The molecule has 0 N–H and O–H groups in total. The summed E-state index contributed by atoms with van der Waals surface area (Å²) in [6.45, 7) is 2.08. The molecule has 0 saturated carbocycles. The maximum absolute atomic E-state index is 6.27. The molecule has 7 rings (SSSR count). The maximum atomic E-state index is 6.27. The summed E-state index contributed by atoms with van der Waals surface area (Å²) in [6, 6.07) is 50.6. The molecule has 0 bridgehead atoms. The normalized spacial score (nSPS) is 12.4. The van der Waals surface area contributed by atoms with Gasteiger partial charge in [0, 0.05) is 11.1 Å². The number of benzene rings is 6. The molecule has 2 heteroatoms. The molecule has 0 amide bonds. The van der Waals surface area contributed by atoms with Gasteiger partial charge in [0.2, 0.25) is 0 Å². The largest absolute Gasteiger partial charge is 0.497 e. The third-order valence-corrected chi connectivity index (χ3v) is 8.26. The van der Waals surface area contributed by atoms with E-state index in [1.807, 2.05) is 48.5 Å². The van der Waals surface area contributed by atoms with Crippen molar-refractivity contribution in [1.82, 2.24) is 0 Å². The predicted molar refractivity (Wildman–Crippen MR) is 174 cm³/mol. The highest BCUT2D eigenvalue weighted by Gasteiger charge is 2.45. The molecule has 0 aromatic heterocycles. The van der Waals surface area contributed by atoms with Crippen LogP contribution in [0.2, 0.25) is 0 Å². The minimum Gasteiger partial charge on any atom is -0.497 e. The fourth-order valence-electron chi connectivity index (χ4n) is 6.16. The molecule has 0 spiro atoms. The lowest BCUT2D eigenvalue weighted by Gasteiger charge is -2.34. The Balaban J connectivity index is 1.22. The Hall–Kier alpha value is -5.52. The van der Waals surface area contributed by atoms with E-state index in [1.54, 1.807) is 7.11 Å². The Morgan fingerprint density at radius 2 is 0.884 bits per heavy atom. The van der Waals surface area contributed by atoms with Crippen LogP contribution in [0.25, 0.3) is 11.1 Å². The van der Waals surface area contributed by atoms with Gasteiger partial charge in [0.1, 0.15) is 17.2 Å². The SMILES string of the molecule is COc1ccc(C2(c3ccc(Oc4ccc(C#Cc5ccc(C)cc5)cc4)cc3)c3ccccc3-c3ccccc32)cc1. The van der Waals surface area contributed by atoms with Crippen LogP contribution < -0.4 is 9.47 Å². The predicted octanol–water partition coefficient (Wildman–Crippen LogP) is 9.56. The summed E-state index contributed by atoms with van der Waals surface area (Å²) in [4.78, 5) is 0. The molecule has 1 aliphatic rings. The molecule has 1 aliphatic carbocycles. The Kier molecular flexibility index (Phi) is 6.78. The van der Waals surface area contributed by atoms with Crippen LogP contribution in [0.15, 0.2) is 146 Å². The van der Waals surface area contributed by atoms with Gasteiger partial charge >= 0.3 is 0 Å². The van der Waals surface area contributed by atoms with Crippen molar-refractivity contribution >= 4 is 0 Å². The van der Waals surface area contributed by atoms with Gasteiger partial charge in [-0.3, -0.25) is 0 Å². The number of rotatable bonds is 5. The topological polar surface area (TPSA) is 18.5 Å². The lowest BCUT2D eigenvalue weighted by Crippen LogP contribution is -2.28. The highest BCUT2D eigenvalue weighted by molar-refractivity contribution is 5.86. The summed E-state index contributed by atoms with van der Waals surface area (Å²) in [6.07, 6.45) is 0. The van der Waals surface area contributed by atoms with E-state index in [-0.39, 0.29) is 0 Å². The molecule has 0 atom stereocenters. The first-order valence-electron chi connectivity index (χ1n) is 14.5. The summed E-state index contributed by atoms with van der Waals surface area (Å²) >= 11 is 0. The number of methoxy groups -OCH3 is 1. The fourth-order valence-corrected chi connectivity index (χ4v) is 6.16. The first-order chi connectivity index (χ1) is 21.1. The highest BCUT2D eigenvalue weighted by Crippen LogP contribution is 2.56. The summed E-state index contributed by atoms with van der Waals surface area (Å²) in [7, 11) is 1.70. The van der Waals surface area contributed by atoms with Crippen LogP contribution in [0, 0.1) is 18.8 Å². The van der Waals surface area contributed by atoms with E-state index in [1.165, 1.54) is 38.9 Å². The van der Waals surface area contributed by atoms with E-state index in [4.69, 9.17) is 9.47 Å². The molecule has 0 saturated heterocycles. The minimum absolute atomic E-state index is 0.463. The van der Waals surface area contributed by atoms with Gasteiger partial charge in [0.15, 0.2) is 0 Å². The number of hydrogen-bond donors (Lipinski definition) is 0. The van der Waals surface area contributed by atoms with Crippen molar-refractivity contribution in [2.75, 3.05) is 7.11 Å². The monoisotopic (exact) mass is 554 g/mol. The Morgan fingerprint density at radius 3 is 1.37 bits per heavy atom. The Labute approximate surface area is 253 Å². The van der Waals surface area contributed by atoms with Crippen molar-refractivity contribution in [3.8, 4) is 40.2 Å². The van der Waals surface area contributed by atoms with Crippen LogP contribution in [0.1, 0.15) is 38.9 Å². The van der Waals surface area contributed by atoms with Crippen molar-refractivity contribution in [2.24, 2.45) is 0 Å². The second kappa shape index (κ2) is 11.0. The zero-order valence-electron chi connectivity index (χ0n) is 24.2. The lowest BCUT2D eigenvalue weighted by molar-refractivity contribution is 0.414. The zero-order valence-corrected chi connectivity index (χ0v) is 24.2. The summed E-state index contributed by atoms with van der Waals surface area (Å²) < 4.78 is 11.8. The Bertz CT molecular complexity index is 1910. The van der Waals surface area contributed by atoms with Crippen LogP contribution in [0.5, 0.6) is 17.2 Å². The quantitative estimate of drug-likeness (QED) is 0.197. The van der Waals surface area contributed by atoms with Crippen LogP contribution >= 0.6 is 0 Å². The van der Waals surface area contributed by atoms with Gasteiger partial charge in [-0.05, 0) is 101 Å². The molecule has 43 heavy (non-hydrogen) atoms. The van der Waals surface area contributed by atoms with Crippen molar-refractivity contribution in [3.63, 3.8) is 0 Å². The second-order valence-electron chi connectivity index (χ2n) is 10.8. The smallest absolute Gasteiger partial charge is 0.127 e. The molecule has 6 aromatic carbocycles. The number of ether oxygens (including phenoxy) is 2. The van der Waals surface area contributed by atoms with Gasteiger partial charge in [-0.1, -0.05) is 102 Å². The van der Waals surface area contributed by atoms with Crippen molar-refractivity contribution in [3.05, 3.63) is 185 Å². The molecule has 6 aromatic rings. The molecule has 0 radical (unpaired) electrons. The summed E-state index contributed by atoms with van der Waals surface area (Å²) in [5.74, 6) is 8.87. The van der Waals surface area contributed by atoms with E-state index < -0.39 is 5.41 Å². The average Bonchev–Trinajstić information content (AvgIpc) is 3.37. The van der Waals surface area contributed by atoms with Crippen molar-refractivity contribution in [2.45, 2.75) is 12.3 Å². The van der Waals surface area contributed by atoms with Crippen LogP contribution in [0.4, 0.5) is 0 Å². The number of hydrogen-bond acceptors (Lipinski definition) is 2. The van der Waals surface area contributed by atoms with E-state index in [2.05, 4.69) is 116 Å². The fraction of sp³-hybridized carbons (Fsp3) is 0.0732. The van der Waals surface area contributed by atoms with Crippen LogP contribution in [-0.2, 0) is 5.41 Å². The van der Waals surface area contributed by atoms with Crippen molar-refractivity contribution < 1.29 is 9.47 Å². The number of fused-ring (bicyclic) bond motifs is 3. The second-order valence-corrected chi connectivity index (χ2v) is 10.8. The van der Waals surface area contributed by atoms with E-state index in [0.29, 0.717) is 0 Å². The van der Waals surface area contributed by atoms with E-state index in [0.717, 1.165) is 28.4 Å². The molecule has 0 fully saturated rings. The minimum atomic E-state index is -0.463. The summed E-state index contributed by atoms with van der Waals surface area (Å²) in [5.41, 5.74) is 10.2. The summed E-state index contributed by atoms with van der Waals surface area (Å²) in [5, 5.41) is 0. The van der Waals surface area contributed by atoms with Crippen molar-refractivity contribution in [1.29, 1.82) is 0 Å². The third-order valence-electron chi connectivity index (χ3n) is 8.26. The molecule has 0 heterocycles. The van der Waals surface area contributed by atoms with Gasteiger partial charge in [-0.2, -0.15) is 0 Å². The standard InChI is InChI=1S/C41H30O2/c1-29-11-13-30(14-12-29)15-16-31-17-23-35(24-18-31)43-36-27-21-33(22-28-36)41(32-19-25-34(42-2)26-20-32)39-9-5-3-7-37(39)38-8-4-6-10-40(38)41/h3-14,17-28H,1-2H3. The molecule has 2 nitrogen and oxygen atoms in total. The Morgan fingerprint density at radius 1 is 0.465 bits per heavy atom. The average molecular weight is 555 g/mol. The third kappa shape index (κ3) is 4.76. The van der Waals surface area contributed by atoms with Gasteiger partial charge in [0.25, 0.3) is 0 Å². The number of aryl methyl sites for hydroxylation is 1. The zero-order chi connectivity index (χ0) is 29.2. The highest BCUT2D eigenvalue weighted by atomic mass is 16.5. The maximum Gasteiger partial charge on any atom is 0.127 e. The molecule has 0 aliphatic heterocycles. The van der Waals surface area contributed by atoms with Gasteiger partial charge in [0.05, 0.1) is 12.5 Å². The lowest BCUT2D eigenvalue weighted by atomic mass is 9.68. The van der Waals surface area contributed by atoms with Crippen LogP contribution in [0.3, 0.4) is 0 Å². The molecule has 0 unspecified atom stereocenters. The van der Waals surface area contributed by atoms with Crippen LogP contribution in [-0.4, -0.2) is 7.11 Å². The molecule has 206 valence electrons. The van der Waals surface area contributed by atoms with Gasteiger partial charge in [-0.25, -0.2) is 0 Å². The van der Waals surface area contributed by atoms with E-state index in [9.17, 15) is 0 Å². The molecular formula is C41H30O2. The molecular weight excluding hydrogens is 524 g/mol. The van der Waals surface area contributed by atoms with E-state index >= 15 is 0 Å². The first-order valence-corrected chi connectivity index (χ1v) is 14.5. The first kappa shape index (κ1) is 26.4.